The van der Waals surface area contributed by atoms with E-state index in [4.69, 9.17) is 0 Å². The van der Waals surface area contributed by atoms with Gasteiger partial charge in [0.15, 0.2) is 0 Å². The minimum absolute atomic E-state index is 0.0660. The Balaban J connectivity index is 2.04. The third kappa shape index (κ3) is 3.30. The average molecular weight is 346 g/mol. The number of hydrogen-bond acceptors (Lipinski definition) is 1. The average Bonchev–Trinajstić information content (AvgIpc) is 3.00. The van der Waals surface area contributed by atoms with E-state index >= 15 is 0 Å². The summed E-state index contributed by atoms with van der Waals surface area (Å²) in [7, 11) is 0. The molecule has 0 radical (unpaired) electrons. The molecular weight excluding hydrogens is 320 g/mol. The van der Waals surface area contributed by atoms with Crippen LogP contribution in [0, 0.1) is 13.8 Å². The molecule has 3 heteroatoms. The molecule has 0 aliphatic carbocycles. The maximum absolute atomic E-state index is 13.2. The second-order valence-corrected chi connectivity index (χ2v) is 6.58. The Morgan fingerprint density at radius 2 is 1.42 bits per heavy atom. The summed E-state index contributed by atoms with van der Waals surface area (Å²) in [6.07, 6.45) is 1.78. The van der Waals surface area contributed by atoms with Crippen LogP contribution in [0.3, 0.4) is 0 Å². The Bertz CT molecular complexity index is 895. The largest absolute Gasteiger partial charge is 0.321 e. The maximum Gasteiger partial charge on any atom is 0.257 e. The van der Waals surface area contributed by atoms with E-state index in [1.807, 2.05) is 24.3 Å². The molecule has 0 aliphatic rings. The molecule has 0 saturated carbocycles. The molecule has 1 heterocycles. The number of carbonyl (C=O) groups is 1. The molecule has 26 heavy (non-hydrogen) atoms. The molecule has 0 fully saturated rings. The Morgan fingerprint density at radius 3 is 2.00 bits per heavy atom. The Labute approximate surface area is 155 Å². The topological polar surface area (TPSA) is 34.0 Å². The molecule has 1 amide bonds. The predicted molar refractivity (Wildman–Crippen MR) is 108 cm³/mol. The van der Waals surface area contributed by atoms with Crippen LogP contribution in [0.4, 0.5) is 5.69 Å². The Hall–Kier alpha value is -2.81. The molecule has 3 rings (SSSR count). The molecule has 0 spiro atoms. The lowest BCUT2D eigenvalue weighted by Gasteiger charge is -2.17. The zero-order chi connectivity index (χ0) is 18.7. The lowest BCUT2D eigenvalue weighted by atomic mass is 10.0. The number of rotatable bonds is 5. The van der Waals surface area contributed by atoms with E-state index in [1.54, 1.807) is 0 Å². The number of nitrogens with zero attached hydrogens (tertiary/aromatic N) is 1. The lowest BCUT2D eigenvalue weighted by Crippen LogP contribution is -2.17. The molecule has 134 valence electrons. The summed E-state index contributed by atoms with van der Waals surface area (Å²) in [5.41, 5.74) is 7.13. The van der Waals surface area contributed by atoms with Gasteiger partial charge >= 0.3 is 0 Å². The van der Waals surface area contributed by atoms with Gasteiger partial charge in [-0.25, -0.2) is 0 Å². The maximum atomic E-state index is 13.2. The molecule has 0 saturated heterocycles. The minimum atomic E-state index is -0.0660. The molecule has 3 aromatic rings. The second kappa shape index (κ2) is 7.61. The van der Waals surface area contributed by atoms with Crippen LogP contribution in [0.25, 0.3) is 5.69 Å². The first kappa shape index (κ1) is 18.0. The zero-order valence-corrected chi connectivity index (χ0v) is 16.0. The fraction of sp³-hybridized carbons (Fsp3) is 0.261. The molecule has 1 N–H and O–H groups in total. The van der Waals surface area contributed by atoms with Gasteiger partial charge in [-0.05, 0) is 62.1 Å². The highest BCUT2D eigenvalue weighted by molar-refractivity contribution is 6.07. The van der Waals surface area contributed by atoms with Gasteiger partial charge in [-0.2, -0.15) is 0 Å². The summed E-state index contributed by atoms with van der Waals surface area (Å²) >= 11 is 0. The smallest absolute Gasteiger partial charge is 0.257 e. The van der Waals surface area contributed by atoms with Crippen LogP contribution in [0.5, 0.6) is 0 Å². The number of benzene rings is 2. The molecule has 0 atom stereocenters. The Kier molecular flexibility index (Phi) is 5.27. The quantitative estimate of drug-likeness (QED) is 0.653. The third-order valence-electron chi connectivity index (χ3n) is 4.90. The van der Waals surface area contributed by atoms with Crippen LogP contribution in [-0.4, -0.2) is 10.5 Å². The minimum Gasteiger partial charge on any atom is -0.321 e. The van der Waals surface area contributed by atoms with E-state index in [1.165, 1.54) is 11.1 Å². The monoisotopic (exact) mass is 346 g/mol. The van der Waals surface area contributed by atoms with Gasteiger partial charge < -0.3 is 9.88 Å². The van der Waals surface area contributed by atoms with E-state index in [0.717, 1.165) is 35.6 Å². The van der Waals surface area contributed by atoms with Crippen LogP contribution in [-0.2, 0) is 12.8 Å². The summed E-state index contributed by atoms with van der Waals surface area (Å²) in [6, 6.07) is 18.2. The van der Waals surface area contributed by atoms with Crippen molar-refractivity contribution in [3.05, 3.63) is 82.7 Å². The van der Waals surface area contributed by atoms with E-state index in [9.17, 15) is 4.79 Å². The summed E-state index contributed by atoms with van der Waals surface area (Å²) in [5.74, 6) is -0.0660. The highest BCUT2D eigenvalue weighted by Gasteiger charge is 2.17. The number of nitrogens with one attached hydrogen (secondary N) is 1. The van der Waals surface area contributed by atoms with Gasteiger partial charge in [-0.15, -0.1) is 0 Å². The number of para-hydroxylation sites is 2. The normalized spacial score (nSPS) is 10.8. The molecule has 0 bridgehead atoms. The fourth-order valence-corrected chi connectivity index (χ4v) is 3.49. The first-order chi connectivity index (χ1) is 12.6. The first-order valence-electron chi connectivity index (χ1n) is 9.23. The predicted octanol–water partition coefficient (Wildman–Crippen LogP) is 5.47. The van der Waals surface area contributed by atoms with Crippen molar-refractivity contribution >= 4 is 11.6 Å². The van der Waals surface area contributed by atoms with Crippen LogP contribution >= 0.6 is 0 Å². The van der Waals surface area contributed by atoms with Gasteiger partial charge in [0.1, 0.15) is 0 Å². The summed E-state index contributed by atoms with van der Waals surface area (Å²) in [5, 5.41) is 3.19. The molecule has 0 unspecified atom stereocenters. The van der Waals surface area contributed by atoms with Crippen molar-refractivity contribution in [2.45, 2.75) is 40.5 Å². The molecular formula is C23H26N2O. The van der Waals surface area contributed by atoms with Gasteiger partial charge in [0.05, 0.1) is 11.3 Å². The van der Waals surface area contributed by atoms with E-state index in [-0.39, 0.29) is 5.91 Å². The van der Waals surface area contributed by atoms with Crippen molar-refractivity contribution < 1.29 is 4.79 Å². The molecule has 3 nitrogen and oxygen atoms in total. The van der Waals surface area contributed by atoms with Crippen molar-refractivity contribution in [1.29, 1.82) is 0 Å². The molecule has 2 aromatic carbocycles. The fourth-order valence-electron chi connectivity index (χ4n) is 3.49. The SMILES string of the molecule is CCc1cccc(CC)c1NC(=O)c1ccccc1-n1c(C)ccc1C. The molecule has 0 aliphatic heterocycles. The summed E-state index contributed by atoms with van der Waals surface area (Å²) in [4.78, 5) is 13.2. The zero-order valence-electron chi connectivity index (χ0n) is 16.0. The number of aromatic nitrogens is 1. The lowest BCUT2D eigenvalue weighted by molar-refractivity contribution is 0.102. The van der Waals surface area contributed by atoms with Gasteiger partial charge in [-0.1, -0.05) is 44.2 Å². The number of anilines is 1. The van der Waals surface area contributed by atoms with Crippen LogP contribution in [0.15, 0.2) is 54.6 Å². The van der Waals surface area contributed by atoms with Crippen LogP contribution in [0.1, 0.15) is 46.7 Å². The van der Waals surface area contributed by atoms with Crippen molar-refractivity contribution in [2.24, 2.45) is 0 Å². The second-order valence-electron chi connectivity index (χ2n) is 6.58. The van der Waals surface area contributed by atoms with Gasteiger partial charge in [-0.3, -0.25) is 4.79 Å². The summed E-state index contributed by atoms with van der Waals surface area (Å²) < 4.78 is 2.13. The van der Waals surface area contributed by atoms with E-state index in [0.29, 0.717) is 5.56 Å². The standard InChI is InChI=1S/C23H26N2O/c1-5-18-10-9-11-19(6-2)22(18)24-23(26)20-12-7-8-13-21(20)25-16(3)14-15-17(25)4/h7-15H,5-6H2,1-4H3,(H,24,26). The number of aryl methyl sites for hydroxylation is 4. The Morgan fingerprint density at radius 1 is 0.846 bits per heavy atom. The number of amides is 1. The van der Waals surface area contributed by atoms with Gasteiger partial charge in [0.2, 0.25) is 0 Å². The third-order valence-corrected chi connectivity index (χ3v) is 4.90. The van der Waals surface area contributed by atoms with Crippen molar-refractivity contribution in [1.82, 2.24) is 4.57 Å². The molecule has 1 aromatic heterocycles. The number of carbonyl (C=O) groups excluding carboxylic acids is 1. The van der Waals surface area contributed by atoms with Crippen molar-refractivity contribution in [2.75, 3.05) is 5.32 Å². The van der Waals surface area contributed by atoms with Crippen molar-refractivity contribution in [3.63, 3.8) is 0 Å². The first-order valence-corrected chi connectivity index (χ1v) is 9.23. The van der Waals surface area contributed by atoms with Gasteiger partial charge in [0, 0.05) is 17.1 Å². The highest BCUT2D eigenvalue weighted by atomic mass is 16.1. The van der Waals surface area contributed by atoms with Gasteiger partial charge in [0.25, 0.3) is 5.91 Å². The summed E-state index contributed by atoms with van der Waals surface area (Å²) in [6.45, 7) is 8.35. The van der Waals surface area contributed by atoms with Crippen LogP contribution < -0.4 is 5.32 Å². The van der Waals surface area contributed by atoms with Crippen molar-refractivity contribution in [3.8, 4) is 5.69 Å². The van der Waals surface area contributed by atoms with E-state index < -0.39 is 0 Å². The number of hydrogen-bond donors (Lipinski definition) is 1. The van der Waals surface area contributed by atoms with Crippen LogP contribution in [0.2, 0.25) is 0 Å². The van der Waals surface area contributed by atoms with E-state index in [2.05, 4.69) is 67.9 Å². The highest BCUT2D eigenvalue weighted by Crippen LogP contribution is 2.25.